The molecule has 1 unspecified atom stereocenters. The Kier molecular flexibility index (Phi) is 6.52. The predicted octanol–water partition coefficient (Wildman–Crippen LogP) is 2.72. The van der Waals surface area contributed by atoms with E-state index in [4.69, 9.17) is 9.47 Å². The molecule has 1 atom stereocenters. The molecule has 8 heteroatoms. The van der Waals surface area contributed by atoms with Crippen LogP contribution < -0.4 is 9.47 Å². The van der Waals surface area contributed by atoms with Crippen molar-refractivity contribution in [3.05, 3.63) is 24.3 Å². The van der Waals surface area contributed by atoms with Crippen molar-refractivity contribution in [3.8, 4) is 11.5 Å². The number of aromatic nitrogens is 4. The molecule has 1 saturated carbocycles. The van der Waals surface area contributed by atoms with Crippen molar-refractivity contribution in [2.75, 3.05) is 19.0 Å². The van der Waals surface area contributed by atoms with Gasteiger partial charge in [0.25, 0.3) is 0 Å². The summed E-state index contributed by atoms with van der Waals surface area (Å²) in [4.78, 5) is 0. The molecule has 1 fully saturated rings. The summed E-state index contributed by atoms with van der Waals surface area (Å²) in [6, 6.07) is 7.79. The lowest BCUT2D eigenvalue weighted by molar-refractivity contribution is 0.126. The predicted molar refractivity (Wildman–Crippen MR) is 95.2 cm³/mol. The summed E-state index contributed by atoms with van der Waals surface area (Å²) in [5, 5.41) is 22.9. The Hall–Kier alpha value is -1.80. The van der Waals surface area contributed by atoms with Gasteiger partial charge in [0.05, 0.1) is 18.8 Å². The summed E-state index contributed by atoms with van der Waals surface area (Å²) in [7, 11) is 0. The fourth-order valence-corrected chi connectivity index (χ4v) is 3.72. The molecule has 25 heavy (non-hydrogen) atoms. The number of benzene rings is 1. The molecule has 0 spiro atoms. The van der Waals surface area contributed by atoms with E-state index in [2.05, 4.69) is 15.5 Å². The second kappa shape index (κ2) is 9.05. The topological polar surface area (TPSA) is 82.3 Å². The van der Waals surface area contributed by atoms with E-state index >= 15 is 0 Å². The number of nitrogens with zero attached hydrogens (tertiary/aromatic N) is 4. The third kappa shape index (κ3) is 5.09. The molecule has 3 rings (SSSR count). The Bertz CT molecular complexity index is 644. The van der Waals surface area contributed by atoms with Crippen LogP contribution in [0.5, 0.6) is 11.5 Å². The minimum atomic E-state index is -0.592. The van der Waals surface area contributed by atoms with E-state index in [0.717, 1.165) is 23.7 Å². The van der Waals surface area contributed by atoms with Crippen LogP contribution in [0.3, 0.4) is 0 Å². The molecule has 0 radical (unpaired) electrons. The van der Waals surface area contributed by atoms with Gasteiger partial charge in [-0.25, -0.2) is 4.68 Å². The van der Waals surface area contributed by atoms with Gasteiger partial charge in [-0.3, -0.25) is 0 Å². The number of aliphatic hydroxyl groups is 1. The molecule has 1 aromatic heterocycles. The molecular formula is C17H24N4O3S. The van der Waals surface area contributed by atoms with E-state index < -0.39 is 6.10 Å². The SMILES string of the molecule is CCOc1ccc(OCC(O)CSc2nnnn2C2CCCC2)cc1. The highest BCUT2D eigenvalue weighted by molar-refractivity contribution is 7.99. The van der Waals surface area contributed by atoms with E-state index in [1.54, 1.807) is 0 Å². The molecule has 0 aliphatic heterocycles. The van der Waals surface area contributed by atoms with Crippen molar-refractivity contribution in [1.82, 2.24) is 20.2 Å². The maximum Gasteiger partial charge on any atom is 0.209 e. The monoisotopic (exact) mass is 364 g/mol. The maximum absolute atomic E-state index is 10.2. The third-order valence-electron chi connectivity index (χ3n) is 4.12. The van der Waals surface area contributed by atoms with Crippen molar-refractivity contribution in [2.45, 2.75) is 49.9 Å². The molecule has 1 aromatic carbocycles. The van der Waals surface area contributed by atoms with Crippen molar-refractivity contribution in [3.63, 3.8) is 0 Å². The second-order valence-electron chi connectivity index (χ2n) is 6.02. The minimum absolute atomic E-state index is 0.228. The van der Waals surface area contributed by atoms with Gasteiger partial charge in [0.2, 0.25) is 5.16 Å². The molecule has 0 amide bonds. The van der Waals surface area contributed by atoms with Gasteiger partial charge in [-0.1, -0.05) is 24.6 Å². The number of tetrazole rings is 1. The average molecular weight is 364 g/mol. The van der Waals surface area contributed by atoms with Gasteiger partial charge in [0.1, 0.15) is 18.1 Å². The molecule has 2 aromatic rings. The van der Waals surface area contributed by atoms with Crippen LogP contribution in [0.4, 0.5) is 0 Å². The van der Waals surface area contributed by atoms with Gasteiger partial charge < -0.3 is 14.6 Å². The molecule has 1 aliphatic rings. The van der Waals surface area contributed by atoms with Crippen molar-refractivity contribution >= 4 is 11.8 Å². The summed E-state index contributed by atoms with van der Waals surface area (Å²) in [6.45, 7) is 2.81. The first-order valence-corrected chi connectivity index (χ1v) is 9.69. The van der Waals surface area contributed by atoms with Gasteiger partial charge in [0, 0.05) is 5.75 Å². The maximum atomic E-state index is 10.2. The lowest BCUT2D eigenvalue weighted by Crippen LogP contribution is -2.20. The Balaban J connectivity index is 1.44. The van der Waals surface area contributed by atoms with Gasteiger partial charge in [-0.2, -0.15) is 0 Å². The Morgan fingerprint density at radius 1 is 1.20 bits per heavy atom. The largest absolute Gasteiger partial charge is 0.494 e. The average Bonchev–Trinajstić information content (AvgIpc) is 3.30. The summed E-state index contributed by atoms with van der Waals surface area (Å²) in [5.41, 5.74) is 0. The molecule has 1 aliphatic carbocycles. The summed E-state index contributed by atoms with van der Waals surface area (Å²) in [5.74, 6) is 2.01. The standard InChI is InChI=1S/C17H24N4O3S/c1-2-23-15-7-9-16(10-8-15)24-11-14(22)12-25-17-18-19-20-21(17)13-5-3-4-6-13/h7-10,13-14,22H,2-6,11-12H2,1H3. The minimum Gasteiger partial charge on any atom is -0.494 e. The summed E-state index contributed by atoms with van der Waals surface area (Å²) in [6.07, 6.45) is 4.12. The van der Waals surface area contributed by atoms with E-state index in [0.29, 0.717) is 24.2 Å². The summed E-state index contributed by atoms with van der Waals surface area (Å²) < 4.78 is 12.9. The number of aliphatic hydroxyl groups excluding tert-OH is 1. The Labute approximate surface area is 151 Å². The van der Waals surface area contributed by atoms with Gasteiger partial charge in [0.15, 0.2) is 0 Å². The normalized spacial score (nSPS) is 16.1. The zero-order valence-corrected chi connectivity index (χ0v) is 15.2. The quantitative estimate of drug-likeness (QED) is 0.685. The molecule has 1 N–H and O–H groups in total. The summed E-state index contributed by atoms with van der Waals surface area (Å²) >= 11 is 1.47. The molecule has 0 saturated heterocycles. The van der Waals surface area contributed by atoms with Crippen LogP contribution in [0.1, 0.15) is 38.6 Å². The highest BCUT2D eigenvalue weighted by Crippen LogP contribution is 2.31. The van der Waals surface area contributed by atoms with Crippen LogP contribution in [0.2, 0.25) is 0 Å². The van der Waals surface area contributed by atoms with Gasteiger partial charge in [-0.05, 0) is 54.5 Å². The number of rotatable bonds is 9. The van der Waals surface area contributed by atoms with E-state index in [1.807, 2.05) is 35.9 Å². The van der Waals surface area contributed by atoms with Crippen LogP contribution in [0, 0.1) is 0 Å². The number of ether oxygens (including phenoxy) is 2. The highest BCUT2D eigenvalue weighted by atomic mass is 32.2. The van der Waals surface area contributed by atoms with Crippen LogP contribution >= 0.6 is 11.8 Å². The molecule has 0 bridgehead atoms. The second-order valence-corrected chi connectivity index (χ2v) is 7.01. The molecule has 7 nitrogen and oxygen atoms in total. The first-order chi connectivity index (χ1) is 12.3. The molecule has 136 valence electrons. The Morgan fingerprint density at radius 3 is 2.56 bits per heavy atom. The fourth-order valence-electron chi connectivity index (χ4n) is 2.87. The fraction of sp³-hybridized carbons (Fsp3) is 0.588. The lowest BCUT2D eigenvalue weighted by Gasteiger charge is -2.14. The van der Waals surface area contributed by atoms with Crippen LogP contribution in [0.15, 0.2) is 29.4 Å². The third-order valence-corrected chi connectivity index (χ3v) is 5.19. The van der Waals surface area contributed by atoms with E-state index in [9.17, 15) is 5.11 Å². The van der Waals surface area contributed by atoms with Crippen LogP contribution in [0.25, 0.3) is 0 Å². The van der Waals surface area contributed by atoms with E-state index in [1.165, 1.54) is 24.6 Å². The zero-order valence-electron chi connectivity index (χ0n) is 14.4. The number of thioether (sulfide) groups is 1. The smallest absolute Gasteiger partial charge is 0.209 e. The van der Waals surface area contributed by atoms with Crippen LogP contribution in [-0.2, 0) is 0 Å². The number of hydrogen-bond acceptors (Lipinski definition) is 7. The Morgan fingerprint density at radius 2 is 1.88 bits per heavy atom. The van der Waals surface area contributed by atoms with Gasteiger partial charge in [-0.15, -0.1) is 5.10 Å². The van der Waals surface area contributed by atoms with Crippen LogP contribution in [-0.4, -0.2) is 50.4 Å². The molecule has 1 heterocycles. The number of hydrogen-bond donors (Lipinski definition) is 1. The lowest BCUT2D eigenvalue weighted by atomic mass is 10.3. The van der Waals surface area contributed by atoms with Crippen molar-refractivity contribution in [1.29, 1.82) is 0 Å². The van der Waals surface area contributed by atoms with Crippen molar-refractivity contribution in [2.24, 2.45) is 0 Å². The van der Waals surface area contributed by atoms with E-state index in [-0.39, 0.29) is 6.61 Å². The van der Waals surface area contributed by atoms with Crippen molar-refractivity contribution < 1.29 is 14.6 Å². The molecular weight excluding hydrogens is 340 g/mol. The van der Waals surface area contributed by atoms with Gasteiger partial charge >= 0.3 is 0 Å². The highest BCUT2D eigenvalue weighted by Gasteiger charge is 2.22. The first-order valence-electron chi connectivity index (χ1n) is 8.70. The first kappa shape index (κ1) is 18.0. The zero-order chi connectivity index (χ0) is 17.5.